The topological polar surface area (TPSA) is 57.6 Å². The van der Waals surface area contributed by atoms with Crippen molar-refractivity contribution in [2.45, 2.75) is 60.3 Å². The van der Waals surface area contributed by atoms with Gasteiger partial charge in [0.05, 0.1) is 6.61 Å². The highest BCUT2D eigenvalue weighted by atomic mass is 32.2. The maximum absolute atomic E-state index is 14.0. The van der Waals surface area contributed by atoms with E-state index in [9.17, 15) is 83.1 Å². The lowest BCUT2D eigenvalue weighted by Crippen LogP contribution is -2.75. The van der Waals surface area contributed by atoms with Crippen LogP contribution in [0.3, 0.4) is 0 Å². The molecule has 1 N–H and O–H groups in total. The van der Waals surface area contributed by atoms with Gasteiger partial charge in [-0.2, -0.15) is 78.9 Å². The van der Waals surface area contributed by atoms with Crippen molar-refractivity contribution in [2.24, 2.45) is 0 Å². The molecule has 0 aromatic carbocycles. The summed E-state index contributed by atoms with van der Waals surface area (Å²) in [6, 6.07) is 0. The predicted molar refractivity (Wildman–Crippen MR) is 78.6 cm³/mol. The van der Waals surface area contributed by atoms with E-state index in [2.05, 4.69) is 0 Å². The van der Waals surface area contributed by atoms with E-state index >= 15 is 0 Å². The number of aliphatic hydroxyl groups is 1. The normalized spacial score (nSPS) is 16.2. The molecule has 0 saturated carbocycles. The molecular formula is C13H12F17NO3S. The Balaban J connectivity index is 7.02. The Morgan fingerprint density at radius 2 is 0.886 bits per heavy atom. The molecule has 0 aliphatic rings. The zero-order chi connectivity index (χ0) is 28.9. The van der Waals surface area contributed by atoms with Gasteiger partial charge in [-0.15, -0.1) is 0 Å². The Bertz CT molecular complexity index is 846. The lowest BCUT2D eigenvalue weighted by atomic mass is 9.91. The summed E-state index contributed by atoms with van der Waals surface area (Å²) in [7, 11) is -7.34. The summed E-state index contributed by atoms with van der Waals surface area (Å²) < 4.78 is 247. The molecule has 0 aliphatic carbocycles. The molecule has 0 amide bonds. The van der Waals surface area contributed by atoms with E-state index in [1.165, 1.54) is 0 Å². The highest BCUT2D eigenvalue weighted by Gasteiger charge is 2.96. The smallest absolute Gasteiger partial charge is 0.395 e. The number of nitrogens with zero attached hydrogens (tertiary/aromatic N) is 1. The summed E-state index contributed by atoms with van der Waals surface area (Å²) in [5.74, 6) is -51.8. The molecule has 0 radical (unpaired) electrons. The van der Waals surface area contributed by atoms with Crippen LogP contribution in [0, 0.1) is 0 Å². The second-order valence-corrected chi connectivity index (χ2v) is 8.57. The van der Waals surface area contributed by atoms with Crippen LogP contribution in [0.4, 0.5) is 74.6 Å². The summed E-state index contributed by atoms with van der Waals surface area (Å²) in [6.07, 6.45) is -8.49. The van der Waals surface area contributed by atoms with Crippen LogP contribution in [0.25, 0.3) is 0 Å². The molecule has 0 aromatic rings. The zero-order valence-electron chi connectivity index (χ0n) is 16.4. The van der Waals surface area contributed by atoms with Crippen LogP contribution in [-0.4, -0.2) is 84.5 Å². The third kappa shape index (κ3) is 4.50. The molecule has 0 rings (SSSR count). The Labute approximate surface area is 183 Å². The molecule has 0 saturated heterocycles. The summed E-state index contributed by atoms with van der Waals surface area (Å²) in [5.41, 5.74) is 0. The van der Waals surface area contributed by atoms with E-state index in [-0.39, 0.29) is 0 Å². The Hall–Kier alpha value is -1.32. The van der Waals surface area contributed by atoms with Gasteiger partial charge in [0.15, 0.2) is 0 Å². The Morgan fingerprint density at radius 3 is 1.17 bits per heavy atom. The van der Waals surface area contributed by atoms with Crippen LogP contribution in [0.2, 0.25) is 0 Å². The SMILES string of the molecule is CCCN(CCO)S(=O)(=O)C(F)(F)C(F)(F)C(F)(F)C(F)(F)C(F)(F)C(F)(F)C(F)(F)C(F)(F)F. The molecule has 0 unspecified atom stereocenters. The molecule has 4 nitrogen and oxygen atoms in total. The van der Waals surface area contributed by atoms with Gasteiger partial charge >= 0.3 is 47.0 Å². The van der Waals surface area contributed by atoms with Crippen molar-refractivity contribution >= 4 is 10.0 Å². The van der Waals surface area contributed by atoms with E-state index < -0.39 is 87.4 Å². The average molecular weight is 585 g/mol. The number of hydrogen-bond donors (Lipinski definition) is 1. The number of sulfonamides is 1. The highest BCUT2D eigenvalue weighted by molar-refractivity contribution is 7.90. The first kappa shape index (κ1) is 33.7. The summed E-state index contributed by atoms with van der Waals surface area (Å²) in [5, 5.41) is 0.968. The first-order chi connectivity index (χ1) is 15.0. The van der Waals surface area contributed by atoms with Crippen molar-refractivity contribution in [3.63, 3.8) is 0 Å². The fraction of sp³-hybridized carbons (Fsp3) is 1.00. The molecule has 0 fully saturated rings. The number of alkyl halides is 17. The standard InChI is InChI=1S/C13H12F17NO3S/c1-2-3-31(4-5-32)35(33,34)13(29,30)11(24,25)9(20,21)7(16,17)6(14,15)8(18,19)10(22,23)12(26,27)28/h32H,2-5H2,1H3. The van der Waals surface area contributed by atoms with E-state index in [1.54, 1.807) is 0 Å². The molecule has 0 spiro atoms. The van der Waals surface area contributed by atoms with Crippen LogP contribution in [-0.2, 0) is 10.0 Å². The third-order valence-electron chi connectivity index (χ3n) is 4.18. The van der Waals surface area contributed by atoms with Gasteiger partial charge < -0.3 is 5.11 Å². The van der Waals surface area contributed by atoms with Crippen molar-refractivity contribution < 1.29 is 88.2 Å². The number of hydrogen-bond acceptors (Lipinski definition) is 3. The van der Waals surface area contributed by atoms with Gasteiger partial charge in [0.1, 0.15) is 0 Å². The van der Waals surface area contributed by atoms with Crippen LogP contribution in [0.1, 0.15) is 13.3 Å². The first-order valence-corrected chi connectivity index (χ1v) is 9.78. The van der Waals surface area contributed by atoms with Gasteiger partial charge in [-0.05, 0) is 6.42 Å². The maximum atomic E-state index is 14.0. The van der Waals surface area contributed by atoms with Crippen molar-refractivity contribution in [1.29, 1.82) is 0 Å². The van der Waals surface area contributed by atoms with Gasteiger partial charge in [-0.25, -0.2) is 8.42 Å². The van der Waals surface area contributed by atoms with Gasteiger partial charge in [0.2, 0.25) is 0 Å². The lowest BCUT2D eigenvalue weighted by molar-refractivity contribution is -0.458. The minimum Gasteiger partial charge on any atom is -0.395 e. The average Bonchev–Trinajstić information content (AvgIpc) is 2.65. The number of rotatable bonds is 12. The van der Waals surface area contributed by atoms with Crippen molar-refractivity contribution in [3.8, 4) is 0 Å². The van der Waals surface area contributed by atoms with E-state index in [0.717, 1.165) is 6.92 Å². The van der Waals surface area contributed by atoms with E-state index in [4.69, 9.17) is 5.11 Å². The minimum absolute atomic E-state index is 0.607. The molecule has 212 valence electrons. The van der Waals surface area contributed by atoms with Gasteiger partial charge in [0.25, 0.3) is 10.0 Å². The molecule has 0 aliphatic heterocycles. The van der Waals surface area contributed by atoms with Crippen molar-refractivity contribution in [1.82, 2.24) is 4.31 Å². The highest BCUT2D eigenvalue weighted by Crippen LogP contribution is 2.64. The maximum Gasteiger partial charge on any atom is 0.460 e. The molecule has 0 heterocycles. The summed E-state index contributed by atoms with van der Waals surface area (Å²) in [4.78, 5) is 0. The molecule has 0 bridgehead atoms. The molecular weight excluding hydrogens is 573 g/mol. The molecule has 0 aromatic heterocycles. The second-order valence-electron chi connectivity index (χ2n) is 6.59. The predicted octanol–water partition coefficient (Wildman–Crippen LogP) is 4.99. The van der Waals surface area contributed by atoms with E-state index in [0.29, 0.717) is 0 Å². The number of aliphatic hydroxyl groups excluding tert-OH is 1. The third-order valence-corrected chi connectivity index (χ3v) is 6.13. The van der Waals surface area contributed by atoms with Gasteiger partial charge in [-0.1, -0.05) is 6.92 Å². The number of halogens is 17. The molecule has 35 heavy (non-hydrogen) atoms. The summed E-state index contributed by atoms with van der Waals surface area (Å²) >= 11 is 0. The van der Waals surface area contributed by atoms with Crippen LogP contribution in [0.15, 0.2) is 0 Å². The minimum atomic E-state index is -8.87. The molecule has 22 heteroatoms. The zero-order valence-corrected chi connectivity index (χ0v) is 17.2. The Morgan fingerprint density at radius 1 is 0.571 bits per heavy atom. The van der Waals surface area contributed by atoms with Crippen molar-refractivity contribution in [2.75, 3.05) is 19.7 Å². The van der Waals surface area contributed by atoms with E-state index in [1.807, 2.05) is 0 Å². The Kier molecular flexibility index (Phi) is 8.86. The van der Waals surface area contributed by atoms with Crippen LogP contribution in [0.5, 0.6) is 0 Å². The van der Waals surface area contributed by atoms with Gasteiger partial charge in [0, 0.05) is 13.1 Å². The summed E-state index contributed by atoms with van der Waals surface area (Å²) in [6.45, 7) is -3.48. The fourth-order valence-electron chi connectivity index (χ4n) is 2.19. The fourth-order valence-corrected chi connectivity index (χ4v) is 3.71. The largest absolute Gasteiger partial charge is 0.460 e. The van der Waals surface area contributed by atoms with Crippen LogP contribution >= 0.6 is 0 Å². The first-order valence-electron chi connectivity index (χ1n) is 8.34. The van der Waals surface area contributed by atoms with Crippen LogP contribution < -0.4 is 0 Å². The monoisotopic (exact) mass is 585 g/mol. The van der Waals surface area contributed by atoms with Gasteiger partial charge in [-0.3, -0.25) is 0 Å². The lowest BCUT2D eigenvalue weighted by Gasteiger charge is -2.43. The van der Waals surface area contributed by atoms with Crippen molar-refractivity contribution in [3.05, 3.63) is 0 Å². The molecule has 0 atom stereocenters. The quantitative estimate of drug-likeness (QED) is 0.329. The second kappa shape index (κ2) is 9.21.